The van der Waals surface area contributed by atoms with E-state index in [1.807, 2.05) is 18.2 Å². The summed E-state index contributed by atoms with van der Waals surface area (Å²) in [7, 11) is 0. The second kappa shape index (κ2) is 9.30. The van der Waals surface area contributed by atoms with Crippen LogP contribution in [0.1, 0.15) is 12.0 Å². The van der Waals surface area contributed by atoms with Gasteiger partial charge in [0.25, 0.3) is 0 Å². The van der Waals surface area contributed by atoms with Crippen LogP contribution in [0.15, 0.2) is 61.2 Å². The molecule has 0 amide bonds. The van der Waals surface area contributed by atoms with Crippen LogP contribution in [-0.4, -0.2) is 49.3 Å². The van der Waals surface area contributed by atoms with Gasteiger partial charge in [0.15, 0.2) is 0 Å². The predicted molar refractivity (Wildman–Crippen MR) is 107 cm³/mol. The molecule has 0 spiro atoms. The van der Waals surface area contributed by atoms with Crippen molar-refractivity contribution >= 4 is 5.69 Å². The maximum atomic E-state index is 9.41. The van der Waals surface area contributed by atoms with E-state index in [1.165, 1.54) is 11.3 Å². The molecule has 0 unspecified atom stereocenters. The van der Waals surface area contributed by atoms with E-state index in [0.29, 0.717) is 12.4 Å². The molecule has 4 nitrogen and oxygen atoms in total. The highest BCUT2D eigenvalue weighted by molar-refractivity contribution is 5.49. The number of hydrogen-bond donors (Lipinski definition) is 1. The SMILES string of the molecule is C=CCOc1cccc(CCCN2CCN(c3ccc(O)cc3)CC2)c1. The summed E-state index contributed by atoms with van der Waals surface area (Å²) in [5, 5.41) is 9.41. The van der Waals surface area contributed by atoms with E-state index in [-0.39, 0.29) is 0 Å². The minimum Gasteiger partial charge on any atom is -0.508 e. The molecular weight excluding hydrogens is 324 g/mol. The first-order valence-electron chi connectivity index (χ1n) is 9.33. The van der Waals surface area contributed by atoms with Crippen LogP contribution in [0.25, 0.3) is 0 Å². The minimum atomic E-state index is 0.325. The summed E-state index contributed by atoms with van der Waals surface area (Å²) in [6, 6.07) is 15.9. The van der Waals surface area contributed by atoms with Crippen molar-refractivity contribution in [3.8, 4) is 11.5 Å². The second-order valence-corrected chi connectivity index (χ2v) is 6.70. The maximum absolute atomic E-state index is 9.41. The average molecular weight is 352 g/mol. The molecule has 1 heterocycles. The van der Waals surface area contributed by atoms with Crippen molar-refractivity contribution in [2.45, 2.75) is 12.8 Å². The molecular formula is C22H28N2O2. The molecule has 1 aliphatic heterocycles. The van der Waals surface area contributed by atoms with Gasteiger partial charge in [0, 0.05) is 31.9 Å². The number of aryl methyl sites for hydroxylation is 1. The normalized spacial score (nSPS) is 15.0. The zero-order valence-electron chi connectivity index (χ0n) is 15.3. The maximum Gasteiger partial charge on any atom is 0.120 e. The van der Waals surface area contributed by atoms with E-state index < -0.39 is 0 Å². The van der Waals surface area contributed by atoms with Gasteiger partial charge in [-0.1, -0.05) is 24.8 Å². The summed E-state index contributed by atoms with van der Waals surface area (Å²) >= 11 is 0. The Bertz CT molecular complexity index is 692. The molecule has 2 aromatic carbocycles. The fraction of sp³-hybridized carbons (Fsp3) is 0.364. The molecule has 0 aliphatic carbocycles. The summed E-state index contributed by atoms with van der Waals surface area (Å²) in [5.74, 6) is 1.25. The molecule has 0 aromatic heterocycles. The smallest absolute Gasteiger partial charge is 0.120 e. The van der Waals surface area contributed by atoms with Gasteiger partial charge in [-0.3, -0.25) is 4.90 Å². The van der Waals surface area contributed by atoms with Gasteiger partial charge in [-0.15, -0.1) is 0 Å². The van der Waals surface area contributed by atoms with E-state index in [0.717, 1.165) is 51.3 Å². The van der Waals surface area contributed by atoms with Crippen molar-refractivity contribution in [3.05, 3.63) is 66.7 Å². The molecule has 26 heavy (non-hydrogen) atoms. The molecule has 0 radical (unpaired) electrons. The summed E-state index contributed by atoms with van der Waals surface area (Å²) in [5.41, 5.74) is 2.52. The average Bonchev–Trinajstić information content (AvgIpc) is 2.68. The summed E-state index contributed by atoms with van der Waals surface area (Å²) in [4.78, 5) is 4.92. The molecule has 2 aromatic rings. The number of nitrogens with zero attached hydrogens (tertiary/aromatic N) is 2. The van der Waals surface area contributed by atoms with Gasteiger partial charge in [-0.25, -0.2) is 0 Å². The molecule has 1 fully saturated rings. The lowest BCUT2D eigenvalue weighted by molar-refractivity contribution is 0.255. The van der Waals surface area contributed by atoms with Gasteiger partial charge >= 0.3 is 0 Å². The lowest BCUT2D eigenvalue weighted by atomic mass is 10.1. The van der Waals surface area contributed by atoms with Crippen molar-refractivity contribution in [1.29, 1.82) is 0 Å². The van der Waals surface area contributed by atoms with Gasteiger partial charge in [0.05, 0.1) is 0 Å². The predicted octanol–water partition coefficient (Wildman–Crippen LogP) is 3.71. The van der Waals surface area contributed by atoms with Crippen LogP contribution >= 0.6 is 0 Å². The fourth-order valence-corrected chi connectivity index (χ4v) is 3.35. The second-order valence-electron chi connectivity index (χ2n) is 6.70. The third kappa shape index (κ3) is 5.27. The van der Waals surface area contributed by atoms with Crippen LogP contribution in [-0.2, 0) is 6.42 Å². The topological polar surface area (TPSA) is 35.9 Å². The highest BCUT2D eigenvalue weighted by Crippen LogP contribution is 2.20. The minimum absolute atomic E-state index is 0.325. The van der Waals surface area contributed by atoms with Gasteiger partial charge in [-0.05, 0) is 61.3 Å². The Morgan fingerprint density at radius 2 is 1.81 bits per heavy atom. The Morgan fingerprint density at radius 3 is 2.54 bits per heavy atom. The lowest BCUT2D eigenvalue weighted by Crippen LogP contribution is -2.46. The van der Waals surface area contributed by atoms with E-state index in [4.69, 9.17) is 4.74 Å². The standard InChI is InChI=1S/C22H28N2O2/c1-2-17-26-22-7-3-5-19(18-22)6-4-12-23-13-15-24(16-14-23)20-8-10-21(25)11-9-20/h2-3,5,7-11,18,25H,1,4,6,12-17H2. The molecule has 4 heteroatoms. The molecule has 0 saturated carbocycles. The van der Waals surface area contributed by atoms with Gasteiger partial charge in [0.2, 0.25) is 0 Å². The number of phenolic OH excluding ortho intramolecular Hbond substituents is 1. The zero-order chi connectivity index (χ0) is 18.2. The van der Waals surface area contributed by atoms with Crippen LogP contribution in [0.5, 0.6) is 11.5 Å². The van der Waals surface area contributed by atoms with E-state index in [2.05, 4.69) is 34.6 Å². The largest absolute Gasteiger partial charge is 0.508 e. The van der Waals surface area contributed by atoms with Crippen LogP contribution in [0.4, 0.5) is 5.69 Å². The molecule has 1 N–H and O–H groups in total. The van der Waals surface area contributed by atoms with Crippen molar-refractivity contribution < 1.29 is 9.84 Å². The van der Waals surface area contributed by atoms with Crippen molar-refractivity contribution in [1.82, 2.24) is 4.90 Å². The van der Waals surface area contributed by atoms with Gasteiger partial charge in [0.1, 0.15) is 18.1 Å². The first-order chi connectivity index (χ1) is 12.7. The first-order valence-corrected chi connectivity index (χ1v) is 9.33. The van der Waals surface area contributed by atoms with Crippen molar-refractivity contribution in [2.24, 2.45) is 0 Å². The number of hydrogen-bond acceptors (Lipinski definition) is 4. The molecule has 3 rings (SSSR count). The Morgan fingerprint density at radius 1 is 1.04 bits per heavy atom. The van der Waals surface area contributed by atoms with Gasteiger partial charge < -0.3 is 14.7 Å². The molecule has 1 saturated heterocycles. The number of anilines is 1. The van der Waals surface area contributed by atoms with Crippen molar-refractivity contribution in [2.75, 3.05) is 44.2 Å². The molecule has 138 valence electrons. The van der Waals surface area contributed by atoms with E-state index in [9.17, 15) is 5.11 Å². The summed E-state index contributed by atoms with van der Waals surface area (Å²) in [6.07, 6.45) is 4.00. The monoisotopic (exact) mass is 352 g/mol. The Balaban J connectivity index is 1.40. The molecule has 0 atom stereocenters. The van der Waals surface area contributed by atoms with Crippen LogP contribution in [0.2, 0.25) is 0 Å². The highest BCUT2D eigenvalue weighted by Gasteiger charge is 2.16. The number of rotatable bonds is 8. The third-order valence-electron chi connectivity index (χ3n) is 4.79. The first kappa shape index (κ1) is 18.3. The molecule has 0 bridgehead atoms. The van der Waals surface area contributed by atoms with Crippen LogP contribution < -0.4 is 9.64 Å². The quantitative estimate of drug-likeness (QED) is 0.735. The summed E-state index contributed by atoms with van der Waals surface area (Å²) < 4.78 is 5.60. The van der Waals surface area contributed by atoms with Crippen LogP contribution in [0, 0.1) is 0 Å². The number of piperazine rings is 1. The Hall–Kier alpha value is -2.46. The Kier molecular flexibility index (Phi) is 6.56. The van der Waals surface area contributed by atoms with Gasteiger partial charge in [-0.2, -0.15) is 0 Å². The van der Waals surface area contributed by atoms with Crippen LogP contribution in [0.3, 0.4) is 0 Å². The van der Waals surface area contributed by atoms with E-state index in [1.54, 1.807) is 18.2 Å². The van der Waals surface area contributed by atoms with Crippen molar-refractivity contribution in [3.63, 3.8) is 0 Å². The Labute approximate surface area is 156 Å². The fourth-order valence-electron chi connectivity index (χ4n) is 3.35. The number of benzene rings is 2. The third-order valence-corrected chi connectivity index (χ3v) is 4.79. The number of ether oxygens (including phenoxy) is 1. The molecule has 1 aliphatic rings. The lowest BCUT2D eigenvalue weighted by Gasteiger charge is -2.36. The summed E-state index contributed by atoms with van der Waals surface area (Å²) in [6.45, 7) is 9.61. The highest BCUT2D eigenvalue weighted by atomic mass is 16.5. The number of aromatic hydroxyl groups is 1. The zero-order valence-corrected chi connectivity index (χ0v) is 15.3. The van der Waals surface area contributed by atoms with E-state index >= 15 is 0 Å². The number of phenols is 1.